The third kappa shape index (κ3) is 3.54. The normalized spacial score (nSPS) is 20.2. The van der Waals surface area contributed by atoms with Crippen LogP contribution in [-0.2, 0) is 16.8 Å². The Bertz CT molecular complexity index is 453. The van der Waals surface area contributed by atoms with Crippen LogP contribution in [0.2, 0.25) is 0 Å². The first kappa shape index (κ1) is 16.2. The van der Waals surface area contributed by atoms with Crippen molar-refractivity contribution < 1.29 is 4.74 Å². The summed E-state index contributed by atoms with van der Waals surface area (Å²) in [5.74, 6) is 1.75. The summed E-state index contributed by atoms with van der Waals surface area (Å²) in [6.45, 7) is 9.57. The van der Waals surface area contributed by atoms with Crippen LogP contribution in [-0.4, -0.2) is 23.6 Å². The number of aryl methyl sites for hydroxylation is 1. The lowest BCUT2D eigenvalue weighted by Gasteiger charge is -2.42. The summed E-state index contributed by atoms with van der Waals surface area (Å²) in [6, 6.07) is 2.02. The number of anilines is 1. The van der Waals surface area contributed by atoms with Gasteiger partial charge in [-0.3, -0.25) is 0 Å². The summed E-state index contributed by atoms with van der Waals surface area (Å²) in [4.78, 5) is 9.50. The number of hydrogen-bond donors (Lipinski definition) is 1. The highest BCUT2D eigenvalue weighted by molar-refractivity contribution is 5.36. The molecule has 0 bridgehead atoms. The Labute approximate surface area is 128 Å². The highest BCUT2D eigenvalue weighted by atomic mass is 16.5. The fourth-order valence-electron chi connectivity index (χ4n) is 3.05. The standard InChI is InChI=1S/C17H29N3O/c1-6-13-12-14(18-5)20-15(19-13)17(21-7-2)10-8-16(3,4)9-11-17/h12H,6-11H2,1-5H3,(H,18,19,20). The summed E-state index contributed by atoms with van der Waals surface area (Å²) >= 11 is 0. The minimum atomic E-state index is -0.305. The molecule has 1 heterocycles. The highest BCUT2D eigenvalue weighted by Gasteiger charge is 2.42. The molecule has 1 aromatic rings. The van der Waals surface area contributed by atoms with Crippen molar-refractivity contribution in [2.45, 2.75) is 65.4 Å². The van der Waals surface area contributed by atoms with Gasteiger partial charge in [-0.05, 0) is 44.4 Å². The van der Waals surface area contributed by atoms with Crippen molar-refractivity contribution in [3.8, 4) is 0 Å². The number of aromatic nitrogens is 2. The molecule has 0 unspecified atom stereocenters. The van der Waals surface area contributed by atoms with Gasteiger partial charge in [-0.15, -0.1) is 0 Å². The quantitative estimate of drug-likeness (QED) is 0.893. The van der Waals surface area contributed by atoms with Gasteiger partial charge < -0.3 is 10.1 Å². The molecule has 0 atom stereocenters. The summed E-state index contributed by atoms with van der Waals surface area (Å²) in [6.07, 6.45) is 5.23. The Kier molecular flexibility index (Phi) is 4.87. The van der Waals surface area contributed by atoms with Crippen LogP contribution in [0.5, 0.6) is 0 Å². The lowest BCUT2D eigenvalue weighted by Crippen LogP contribution is -2.39. The van der Waals surface area contributed by atoms with Crippen molar-refractivity contribution in [1.82, 2.24) is 9.97 Å². The Balaban J connectivity index is 2.38. The van der Waals surface area contributed by atoms with Crippen LogP contribution < -0.4 is 5.32 Å². The van der Waals surface area contributed by atoms with E-state index in [9.17, 15) is 0 Å². The third-order valence-corrected chi connectivity index (χ3v) is 4.64. The molecule has 21 heavy (non-hydrogen) atoms. The van der Waals surface area contributed by atoms with Crippen LogP contribution in [0.25, 0.3) is 0 Å². The van der Waals surface area contributed by atoms with Crippen LogP contribution in [0.4, 0.5) is 5.82 Å². The van der Waals surface area contributed by atoms with E-state index in [2.05, 4.69) is 33.0 Å². The molecular formula is C17H29N3O. The Hall–Kier alpha value is -1.16. The van der Waals surface area contributed by atoms with Gasteiger partial charge in [0.2, 0.25) is 0 Å². The lowest BCUT2D eigenvalue weighted by molar-refractivity contribution is -0.0948. The molecular weight excluding hydrogens is 262 g/mol. The van der Waals surface area contributed by atoms with Crippen molar-refractivity contribution in [2.75, 3.05) is 19.0 Å². The summed E-state index contributed by atoms with van der Waals surface area (Å²) < 4.78 is 6.20. The van der Waals surface area contributed by atoms with Crippen molar-refractivity contribution in [3.05, 3.63) is 17.6 Å². The minimum absolute atomic E-state index is 0.305. The molecule has 1 saturated carbocycles. The first-order valence-electron chi connectivity index (χ1n) is 8.15. The Morgan fingerprint density at radius 3 is 2.33 bits per heavy atom. The van der Waals surface area contributed by atoms with E-state index in [0.29, 0.717) is 12.0 Å². The van der Waals surface area contributed by atoms with Crippen LogP contribution in [0, 0.1) is 5.41 Å². The highest BCUT2D eigenvalue weighted by Crippen LogP contribution is 2.46. The monoisotopic (exact) mass is 291 g/mol. The van der Waals surface area contributed by atoms with E-state index in [4.69, 9.17) is 14.7 Å². The molecule has 0 saturated heterocycles. The molecule has 4 nitrogen and oxygen atoms in total. The maximum atomic E-state index is 6.20. The number of rotatable bonds is 5. The van der Waals surface area contributed by atoms with Gasteiger partial charge in [-0.25, -0.2) is 9.97 Å². The topological polar surface area (TPSA) is 47.0 Å². The average molecular weight is 291 g/mol. The van der Waals surface area contributed by atoms with Gasteiger partial charge in [-0.1, -0.05) is 20.8 Å². The van der Waals surface area contributed by atoms with E-state index in [1.807, 2.05) is 13.1 Å². The molecule has 0 radical (unpaired) electrons. The fraction of sp³-hybridized carbons (Fsp3) is 0.765. The van der Waals surface area contributed by atoms with Crippen LogP contribution in [0.1, 0.15) is 64.9 Å². The number of ether oxygens (including phenoxy) is 1. The maximum absolute atomic E-state index is 6.20. The van der Waals surface area contributed by atoms with Gasteiger partial charge in [0.1, 0.15) is 11.4 Å². The zero-order valence-electron chi connectivity index (χ0n) is 14.1. The van der Waals surface area contributed by atoms with Gasteiger partial charge in [-0.2, -0.15) is 0 Å². The summed E-state index contributed by atoms with van der Waals surface area (Å²) in [7, 11) is 1.91. The number of nitrogens with one attached hydrogen (secondary N) is 1. The van der Waals surface area contributed by atoms with Crippen LogP contribution in [0.15, 0.2) is 6.07 Å². The molecule has 1 N–H and O–H groups in total. The number of nitrogens with zero attached hydrogens (tertiary/aromatic N) is 2. The molecule has 0 spiro atoms. The molecule has 0 amide bonds. The molecule has 0 aromatic carbocycles. The summed E-state index contributed by atoms with van der Waals surface area (Å²) in [5, 5.41) is 3.15. The molecule has 118 valence electrons. The fourth-order valence-corrected chi connectivity index (χ4v) is 3.05. The van der Waals surface area contributed by atoms with Crippen molar-refractivity contribution in [2.24, 2.45) is 5.41 Å². The first-order valence-corrected chi connectivity index (χ1v) is 8.15. The van der Waals surface area contributed by atoms with Gasteiger partial charge in [0.05, 0.1) is 0 Å². The van der Waals surface area contributed by atoms with Crippen molar-refractivity contribution >= 4 is 5.82 Å². The molecule has 1 aliphatic carbocycles. The van der Waals surface area contributed by atoms with Crippen LogP contribution in [0.3, 0.4) is 0 Å². The van der Waals surface area contributed by atoms with E-state index in [0.717, 1.165) is 49.4 Å². The van der Waals surface area contributed by atoms with E-state index in [-0.39, 0.29) is 5.60 Å². The van der Waals surface area contributed by atoms with Gasteiger partial charge in [0.25, 0.3) is 0 Å². The van der Waals surface area contributed by atoms with E-state index >= 15 is 0 Å². The Morgan fingerprint density at radius 2 is 1.81 bits per heavy atom. The smallest absolute Gasteiger partial charge is 0.162 e. The van der Waals surface area contributed by atoms with Crippen molar-refractivity contribution in [1.29, 1.82) is 0 Å². The largest absolute Gasteiger partial charge is 0.373 e. The second-order valence-electron chi connectivity index (χ2n) is 6.76. The van der Waals surface area contributed by atoms with Crippen molar-refractivity contribution in [3.63, 3.8) is 0 Å². The molecule has 4 heteroatoms. The predicted molar refractivity (Wildman–Crippen MR) is 86.5 cm³/mol. The maximum Gasteiger partial charge on any atom is 0.162 e. The zero-order chi connectivity index (χ0) is 15.5. The second-order valence-corrected chi connectivity index (χ2v) is 6.76. The molecule has 2 rings (SSSR count). The van der Waals surface area contributed by atoms with Gasteiger partial charge in [0, 0.05) is 25.4 Å². The summed E-state index contributed by atoms with van der Waals surface area (Å²) in [5.41, 5.74) is 1.17. The van der Waals surface area contributed by atoms with E-state index < -0.39 is 0 Å². The first-order chi connectivity index (χ1) is 9.94. The van der Waals surface area contributed by atoms with E-state index in [1.54, 1.807) is 0 Å². The number of hydrogen-bond acceptors (Lipinski definition) is 4. The molecule has 1 fully saturated rings. The van der Waals surface area contributed by atoms with Gasteiger partial charge >= 0.3 is 0 Å². The van der Waals surface area contributed by atoms with E-state index in [1.165, 1.54) is 0 Å². The second kappa shape index (κ2) is 6.30. The average Bonchev–Trinajstić information content (AvgIpc) is 2.49. The van der Waals surface area contributed by atoms with Crippen LogP contribution >= 0.6 is 0 Å². The molecule has 1 aliphatic rings. The van der Waals surface area contributed by atoms with Gasteiger partial charge in [0.15, 0.2) is 5.82 Å². The zero-order valence-corrected chi connectivity index (χ0v) is 14.1. The Morgan fingerprint density at radius 1 is 1.14 bits per heavy atom. The SMILES string of the molecule is CCOC1(c2nc(CC)cc(NC)n2)CCC(C)(C)CC1. The third-order valence-electron chi connectivity index (χ3n) is 4.64. The lowest BCUT2D eigenvalue weighted by atomic mass is 9.70. The minimum Gasteiger partial charge on any atom is -0.373 e. The predicted octanol–water partition coefficient (Wildman–Crippen LogP) is 3.91. The molecule has 0 aliphatic heterocycles. The molecule has 1 aromatic heterocycles.